The van der Waals surface area contributed by atoms with E-state index in [1.807, 2.05) is 166 Å². The Morgan fingerprint density at radius 1 is 0.130 bits per heavy atom. The number of hydrogen-bond donors (Lipinski definition) is 9. The zero-order valence-corrected chi connectivity index (χ0v) is 71.0. The van der Waals surface area contributed by atoms with Crippen molar-refractivity contribution in [2.75, 3.05) is 0 Å². The summed E-state index contributed by atoms with van der Waals surface area (Å²) in [6, 6.07) is 73.6. The first-order chi connectivity index (χ1) is 58.4. The van der Waals surface area contributed by atoms with Gasteiger partial charge in [0.2, 0.25) is 0 Å². The van der Waals surface area contributed by atoms with Crippen molar-refractivity contribution < 1.29 is 104 Å². The Morgan fingerprint density at radius 3 is 0.350 bits per heavy atom. The monoisotopic (exact) mass is 1900 g/mol. The molecule has 0 bridgehead atoms. The fourth-order valence-corrected chi connectivity index (χ4v) is 10.1. The van der Waals surface area contributed by atoms with Crippen molar-refractivity contribution in [3.8, 4) is 154 Å². The van der Waals surface area contributed by atoms with Gasteiger partial charge in [0.1, 0.15) is 51.7 Å². The van der Waals surface area contributed by atoms with Gasteiger partial charge >= 0.3 is 0 Å². The molecule has 18 rings (SSSR count). The van der Waals surface area contributed by atoms with Crippen LogP contribution in [0.5, 0.6) is 51.7 Å². The minimum atomic E-state index is 0. The van der Waals surface area contributed by atoms with Gasteiger partial charge in [-0.2, -0.15) is 0 Å². The van der Waals surface area contributed by atoms with Crippen molar-refractivity contribution in [2.24, 2.45) is 0 Å². The van der Waals surface area contributed by atoms with Gasteiger partial charge in [0.15, 0.2) is 0 Å². The second-order valence-corrected chi connectivity index (χ2v) is 25.0. The third kappa shape index (κ3) is 32.9. The van der Waals surface area contributed by atoms with Gasteiger partial charge in [-0.15, -0.1) is 0 Å². The maximum absolute atomic E-state index is 9.28. The van der Waals surface area contributed by atoms with E-state index in [-0.39, 0.29) is 110 Å². The van der Waals surface area contributed by atoms with Gasteiger partial charge in [0.25, 0.3) is 0 Å². The molecule has 0 spiro atoms. The quantitative estimate of drug-likeness (QED) is 0.0606. The van der Waals surface area contributed by atoms with E-state index in [0.29, 0.717) is 51.2 Å². The Morgan fingerprint density at radius 2 is 0.244 bits per heavy atom. The second kappa shape index (κ2) is 51.2. The van der Waals surface area contributed by atoms with E-state index in [9.17, 15) is 46.0 Å². The van der Waals surface area contributed by atoms with Gasteiger partial charge in [-0.05, 0) is 201 Å². The normalized spacial score (nSPS) is 9.68. The first-order valence-electron chi connectivity index (χ1n) is 36.6. The summed E-state index contributed by atoms with van der Waals surface area (Å²) in [7, 11) is 0. The van der Waals surface area contributed by atoms with Gasteiger partial charge in [0, 0.05) is 225 Å². The van der Waals surface area contributed by atoms with E-state index in [1.54, 1.807) is 111 Å². The van der Waals surface area contributed by atoms with Crippen molar-refractivity contribution in [3.05, 3.63) is 383 Å². The van der Waals surface area contributed by atoms with Crippen molar-refractivity contribution in [1.29, 1.82) is 0 Å². The summed E-state index contributed by atoms with van der Waals surface area (Å²) in [6.07, 6.45) is 29.4. The SMILES string of the molecule is Cc1ccnc(-c2cc(O)ccn2)c1.Cc1ccnc(-c2cc(O)ccn2)c1.Cc1ccnc(-c2cc(O)ccn2)c1.Oc1ccnc(-c2cc(O)ccn2)c1.Oc1ccnc(-c2cc(O)ccn2)c1.Oc1ccnc(-c2cc(O)ccn2)c1.[Ru].[Ru].[Ru].c1ccc(-c2ccccn2)nc1.c1ccc(-c2ccccn2)nc1.c1ccc(-c2ccccn2)nc1. The number of nitrogens with zero attached hydrogens (tertiary/aromatic N) is 18. The molecule has 0 aliphatic heterocycles. The van der Waals surface area contributed by atoms with Gasteiger partial charge in [-0.25, -0.2) is 0 Å². The molecule has 123 heavy (non-hydrogen) atoms. The third-order valence-electron chi connectivity index (χ3n) is 15.8. The summed E-state index contributed by atoms with van der Waals surface area (Å²) in [5.41, 5.74) is 16.4. The van der Waals surface area contributed by atoms with E-state index >= 15 is 0 Å². The summed E-state index contributed by atoms with van der Waals surface area (Å²) in [5.74, 6) is 1.37. The van der Waals surface area contributed by atoms with Crippen LogP contribution in [0.4, 0.5) is 0 Å². The Labute approximate surface area is 746 Å². The molecular formula is C93H78N18O9Ru3. The molecule has 30 heteroatoms. The second-order valence-electron chi connectivity index (χ2n) is 25.0. The van der Waals surface area contributed by atoms with Crippen LogP contribution in [-0.4, -0.2) is 136 Å². The molecule has 0 atom stereocenters. The standard InChI is InChI=1S/3C11H10N2O.3C10H8N2O2.3C10H8N2.3Ru/c3*1-8-2-4-12-10(6-8)11-7-9(14)3-5-13-11;3*13-7-1-3-11-9(5-7)10-6-8(14)2-4-12-10;3*1-3-7-11-9(5-1)10-6-2-4-8-12-10;;;/h3*2-7H,1H3,(H,13,14);3*1-6H,(H,11,13)(H,12,14);3*1-8H;;;. The topological polar surface area (TPSA) is 414 Å². The van der Waals surface area contributed by atoms with E-state index in [1.165, 1.54) is 110 Å². The fraction of sp³-hybridized carbons (Fsp3) is 0.0323. The van der Waals surface area contributed by atoms with Crippen molar-refractivity contribution >= 4 is 0 Å². The van der Waals surface area contributed by atoms with Crippen LogP contribution in [0.1, 0.15) is 16.7 Å². The van der Waals surface area contributed by atoms with Crippen LogP contribution >= 0.6 is 0 Å². The Bertz CT molecular complexity index is 4930. The molecule has 0 saturated carbocycles. The van der Waals surface area contributed by atoms with Crippen LogP contribution in [0.25, 0.3) is 102 Å². The number of aromatic hydroxyl groups is 9. The van der Waals surface area contributed by atoms with E-state index in [2.05, 4.69) is 89.7 Å². The molecule has 0 radical (unpaired) electrons. The molecule has 9 N–H and O–H groups in total. The van der Waals surface area contributed by atoms with Crippen LogP contribution in [-0.2, 0) is 58.4 Å². The van der Waals surface area contributed by atoms with Gasteiger partial charge in [0.05, 0.1) is 102 Å². The van der Waals surface area contributed by atoms with Crippen LogP contribution in [0.3, 0.4) is 0 Å². The van der Waals surface area contributed by atoms with E-state index < -0.39 is 0 Å². The largest absolute Gasteiger partial charge is 0.508 e. The third-order valence-corrected chi connectivity index (χ3v) is 15.8. The molecule has 0 saturated heterocycles. The number of aryl methyl sites for hydroxylation is 3. The molecule has 0 aliphatic carbocycles. The molecule has 0 aliphatic rings. The molecule has 0 aromatic carbocycles. The number of hydrogen-bond acceptors (Lipinski definition) is 27. The molecule has 0 unspecified atom stereocenters. The van der Waals surface area contributed by atoms with Crippen molar-refractivity contribution in [2.45, 2.75) is 20.8 Å². The molecule has 618 valence electrons. The zero-order valence-electron chi connectivity index (χ0n) is 65.8. The smallest absolute Gasteiger partial charge is 0.119 e. The summed E-state index contributed by atoms with van der Waals surface area (Å²) >= 11 is 0. The summed E-state index contributed by atoms with van der Waals surface area (Å²) < 4.78 is 0. The van der Waals surface area contributed by atoms with Crippen molar-refractivity contribution in [1.82, 2.24) is 89.7 Å². The summed E-state index contributed by atoms with van der Waals surface area (Å²) in [4.78, 5) is 74.1. The minimum absolute atomic E-state index is 0. The predicted molar refractivity (Wildman–Crippen MR) is 456 cm³/mol. The summed E-state index contributed by atoms with van der Waals surface area (Å²) in [6.45, 7) is 5.98. The maximum Gasteiger partial charge on any atom is 0.119 e. The molecule has 18 heterocycles. The average molecular weight is 1890 g/mol. The van der Waals surface area contributed by atoms with E-state index in [4.69, 9.17) is 0 Å². The van der Waals surface area contributed by atoms with Gasteiger partial charge in [-0.3, -0.25) is 89.7 Å². The molecule has 27 nitrogen and oxygen atoms in total. The molecular weight excluding hydrogens is 1820 g/mol. The predicted octanol–water partition coefficient (Wildman–Crippen LogP) is 17.6. The van der Waals surface area contributed by atoms with Crippen LogP contribution in [0.2, 0.25) is 0 Å². The molecule has 0 amide bonds. The van der Waals surface area contributed by atoms with Gasteiger partial charge in [-0.1, -0.05) is 36.4 Å². The minimum Gasteiger partial charge on any atom is -0.508 e. The van der Waals surface area contributed by atoms with Gasteiger partial charge < -0.3 is 46.0 Å². The average Bonchev–Trinajstić information content (AvgIpc) is 0.865. The fourth-order valence-electron chi connectivity index (χ4n) is 10.1. The van der Waals surface area contributed by atoms with Crippen LogP contribution < -0.4 is 0 Å². The summed E-state index contributed by atoms with van der Waals surface area (Å²) in [5, 5.41) is 83.1. The van der Waals surface area contributed by atoms with Crippen molar-refractivity contribution in [3.63, 3.8) is 0 Å². The molecule has 18 aromatic heterocycles. The molecule has 18 aromatic rings. The zero-order chi connectivity index (χ0) is 84.5. The first-order valence-corrected chi connectivity index (χ1v) is 36.6. The number of aromatic nitrogens is 18. The maximum atomic E-state index is 9.28. The number of rotatable bonds is 9. The Kier molecular flexibility index (Phi) is 39.5. The van der Waals surface area contributed by atoms with Crippen LogP contribution in [0.15, 0.2) is 366 Å². The first kappa shape index (κ1) is 94.9. The molecule has 0 fully saturated rings. The van der Waals surface area contributed by atoms with Crippen LogP contribution in [0, 0.1) is 20.8 Å². The Hall–Kier alpha value is -15.2. The number of pyridine rings is 18. The van der Waals surface area contributed by atoms with E-state index in [0.717, 1.165) is 67.9 Å². The Balaban J connectivity index is 0.000000190.